The van der Waals surface area contributed by atoms with Gasteiger partial charge in [-0.05, 0) is 42.2 Å². The third kappa shape index (κ3) is 2.93. The van der Waals surface area contributed by atoms with Crippen molar-refractivity contribution in [2.75, 3.05) is 0 Å². The maximum absolute atomic E-state index is 5.72. The van der Waals surface area contributed by atoms with Crippen molar-refractivity contribution in [3.05, 3.63) is 35.4 Å². The molecule has 1 fully saturated rings. The van der Waals surface area contributed by atoms with Gasteiger partial charge < -0.3 is 0 Å². The van der Waals surface area contributed by atoms with E-state index in [9.17, 15) is 0 Å². The molecule has 1 aromatic rings. The van der Waals surface area contributed by atoms with Gasteiger partial charge in [0.1, 0.15) is 0 Å². The van der Waals surface area contributed by atoms with E-state index in [1.54, 1.807) is 0 Å². The third-order valence-electron chi connectivity index (χ3n) is 4.36. The van der Waals surface area contributed by atoms with E-state index < -0.39 is 0 Å². The maximum Gasteiger partial charge on any atom is 0.0485 e. The highest BCUT2D eigenvalue weighted by Crippen LogP contribution is 2.37. The summed E-state index contributed by atoms with van der Waals surface area (Å²) in [6.07, 6.45) is 6.54. The molecule has 3 N–H and O–H groups in total. The molecule has 0 aromatic heterocycles. The second kappa shape index (κ2) is 6.35. The van der Waals surface area contributed by atoms with Crippen LogP contribution in [0.4, 0.5) is 0 Å². The summed E-state index contributed by atoms with van der Waals surface area (Å²) in [4.78, 5) is 0. The topological polar surface area (TPSA) is 38.0 Å². The van der Waals surface area contributed by atoms with E-state index in [1.807, 2.05) is 0 Å². The lowest BCUT2D eigenvalue weighted by atomic mass is 9.79. The van der Waals surface area contributed by atoms with Crippen LogP contribution in [0, 0.1) is 5.92 Å². The summed E-state index contributed by atoms with van der Waals surface area (Å²) < 4.78 is 0. The van der Waals surface area contributed by atoms with Crippen molar-refractivity contribution in [3.8, 4) is 0 Å². The first-order valence-electron chi connectivity index (χ1n) is 7.32. The lowest BCUT2D eigenvalue weighted by Crippen LogP contribution is -2.32. The minimum absolute atomic E-state index is 0.278. The largest absolute Gasteiger partial charge is 0.271 e. The summed E-state index contributed by atoms with van der Waals surface area (Å²) in [5, 5.41) is 0. The monoisotopic (exact) mass is 246 g/mol. The summed E-state index contributed by atoms with van der Waals surface area (Å²) in [5.41, 5.74) is 5.80. The summed E-state index contributed by atoms with van der Waals surface area (Å²) in [6.45, 7) is 4.50. The Bertz CT molecular complexity index is 354. The molecule has 1 aliphatic rings. The summed E-state index contributed by atoms with van der Waals surface area (Å²) in [5.74, 6) is 7.12. The first-order chi connectivity index (χ1) is 8.76. The first-order valence-corrected chi connectivity index (χ1v) is 7.32. The molecule has 1 aliphatic carbocycles. The molecule has 2 rings (SSSR count). The van der Waals surface area contributed by atoms with Crippen LogP contribution < -0.4 is 11.3 Å². The molecule has 0 aliphatic heterocycles. The van der Waals surface area contributed by atoms with Crippen molar-refractivity contribution >= 4 is 0 Å². The fourth-order valence-electron chi connectivity index (χ4n) is 2.93. The highest BCUT2D eigenvalue weighted by Gasteiger charge is 2.21. The molecular weight excluding hydrogens is 220 g/mol. The lowest BCUT2D eigenvalue weighted by Gasteiger charge is -2.27. The highest BCUT2D eigenvalue weighted by molar-refractivity contribution is 5.28. The second-order valence-corrected chi connectivity index (χ2v) is 5.70. The second-order valence-electron chi connectivity index (χ2n) is 5.70. The van der Waals surface area contributed by atoms with E-state index in [2.05, 4.69) is 43.5 Å². The molecule has 2 nitrogen and oxygen atoms in total. The number of rotatable bonds is 6. The zero-order chi connectivity index (χ0) is 13.0. The number of nitrogens with two attached hydrogens (primary N) is 1. The number of hydrogen-bond acceptors (Lipinski definition) is 2. The fourth-order valence-corrected chi connectivity index (χ4v) is 2.93. The van der Waals surface area contributed by atoms with Gasteiger partial charge >= 0.3 is 0 Å². The van der Waals surface area contributed by atoms with Crippen LogP contribution in [0.25, 0.3) is 0 Å². The third-order valence-corrected chi connectivity index (χ3v) is 4.36. The Balaban J connectivity index is 2.06. The van der Waals surface area contributed by atoms with Gasteiger partial charge in [0.15, 0.2) is 0 Å². The molecule has 100 valence electrons. The number of nitrogens with one attached hydrogen (secondary N) is 1. The van der Waals surface area contributed by atoms with E-state index in [0.29, 0.717) is 5.92 Å². The fraction of sp³-hybridized carbons (Fsp3) is 0.625. The van der Waals surface area contributed by atoms with E-state index in [1.165, 1.54) is 43.2 Å². The maximum atomic E-state index is 5.72. The minimum Gasteiger partial charge on any atom is -0.271 e. The Kier molecular flexibility index (Phi) is 4.79. The van der Waals surface area contributed by atoms with Crippen molar-refractivity contribution in [1.29, 1.82) is 0 Å². The van der Waals surface area contributed by atoms with Crippen molar-refractivity contribution in [2.45, 2.75) is 57.9 Å². The van der Waals surface area contributed by atoms with Crippen LogP contribution >= 0.6 is 0 Å². The van der Waals surface area contributed by atoms with Crippen molar-refractivity contribution < 1.29 is 0 Å². The van der Waals surface area contributed by atoms with E-state index >= 15 is 0 Å². The van der Waals surface area contributed by atoms with Gasteiger partial charge in [-0.15, -0.1) is 0 Å². The Morgan fingerprint density at radius 3 is 2.39 bits per heavy atom. The smallest absolute Gasteiger partial charge is 0.0485 e. The van der Waals surface area contributed by atoms with Gasteiger partial charge in [-0.3, -0.25) is 11.3 Å². The van der Waals surface area contributed by atoms with Crippen LogP contribution in [0.3, 0.4) is 0 Å². The van der Waals surface area contributed by atoms with Gasteiger partial charge in [0.2, 0.25) is 0 Å². The number of benzene rings is 1. The minimum atomic E-state index is 0.278. The van der Waals surface area contributed by atoms with Gasteiger partial charge in [0, 0.05) is 6.04 Å². The summed E-state index contributed by atoms with van der Waals surface area (Å²) >= 11 is 0. The molecule has 0 bridgehead atoms. The molecule has 0 spiro atoms. The first kappa shape index (κ1) is 13.6. The molecule has 2 unspecified atom stereocenters. The van der Waals surface area contributed by atoms with Crippen LogP contribution in [0.15, 0.2) is 24.3 Å². The molecule has 0 radical (unpaired) electrons. The van der Waals surface area contributed by atoms with Gasteiger partial charge in [-0.1, -0.05) is 51.0 Å². The molecule has 1 aromatic carbocycles. The van der Waals surface area contributed by atoms with Crippen LogP contribution in [-0.2, 0) is 0 Å². The zero-order valence-electron chi connectivity index (χ0n) is 11.7. The molecule has 0 amide bonds. The number of hydrazine groups is 1. The molecule has 0 heterocycles. The van der Waals surface area contributed by atoms with E-state index in [4.69, 9.17) is 5.84 Å². The lowest BCUT2D eigenvalue weighted by molar-refractivity contribution is 0.368. The normalized spacial score (nSPS) is 19.3. The molecule has 0 saturated heterocycles. The molecular formula is C16H26N2. The summed E-state index contributed by atoms with van der Waals surface area (Å²) in [6, 6.07) is 9.37. The standard InChI is InChI=1S/C16H26N2/c1-3-5-12(2)16(18-17)15-10-8-14(9-11-15)13-6-4-7-13/h8-13,16,18H,3-7,17H2,1-2H3. The average molecular weight is 246 g/mol. The van der Waals surface area contributed by atoms with Gasteiger partial charge in [-0.2, -0.15) is 0 Å². The van der Waals surface area contributed by atoms with Crippen LogP contribution in [-0.4, -0.2) is 0 Å². The molecule has 2 heteroatoms. The van der Waals surface area contributed by atoms with Crippen LogP contribution in [0.2, 0.25) is 0 Å². The predicted octanol–water partition coefficient (Wildman–Crippen LogP) is 3.89. The number of hydrogen-bond donors (Lipinski definition) is 2. The summed E-state index contributed by atoms with van der Waals surface area (Å²) in [7, 11) is 0. The Morgan fingerprint density at radius 1 is 1.28 bits per heavy atom. The molecule has 2 atom stereocenters. The highest BCUT2D eigenvalue weighted by atomic mass is 15.2. The van der Waals surface area contributed by atoms with Crippen molar-refractivity contribution in [2.24, 2.45) is 11.8 Å². The molecule has 1 saturated carbocycles. The Hall–Kier alpha value is -0.860. The Labute approximate surface area is 111 Å². The van der Waals surface area contributed by atoms with Crippen LogP contribution in [0.1, 0.15) is 69.0 Å². The van der Waals surface area contributed by atoms with Crippen molar-refractivity contribution in [1.82, 2.24) is 5.43 Å². The van der Waals surface area contributed by atoms with E-state index in [0.717, 1.165) is 5.92 Å². The van der Waals surface area contributed by atoms with E-state index in [-0.39, 0.29) is 6.04 Å². The van der Waals surface area contributed by atoms with Gasteiger partial charge in [0.05, 0.1) is 0 Å². The molecule has 18 heavy (non-hydrogen) atoms. The SMILES string of the molecule is CCCC(C)C(NN)c1ccc(C2CCC2)cc1. The Morgan fingerprint density at radius 2 is 1.94 bits per heavy atom. The van der Waals surface area contributed by atoms with Crippen LogP contribution in [0.5, 0.6) is 0 Å². The van der Waals surface area contributed by atoms with Crippen molar-refractivity contribution in [3.63, 3.8) is 0 Å². The van der Waals surface area contributed by atoms with Gasteiger partial charge in [0.25, 0.3) is 0 Å². The average Bonchev–Trinajstić information content (AvgIpc) is 2.30. The quantitative estimate of drug-likeness (QED) is 0.590. The van der Waals surface area contributed by atoms with Gasteiger partial charge in [-0.25, -0.2) is 0 Å². The predicted molar refractivity (Wildman–Crippen MR) is 77.2 cm³/mol. The zero-order valence-corrected chi connectivity index (χ0v) is 11.7.